The zero-order chi connectivity index (χ0) is 2.71. The van der Waals surface area contributed by atoms with Gasteiger partial charge in [-0.05, 0) is 12.5 Å². The molecule has 0 amide bonds. The van der Waals surface area contributed by atoms with Gasteiger partial charge < -0.3 is 0 Å². The summed E-state index contributed by atoms with van der Waals surface area (Å²) in [5, 5.41) is 0. The van der Waals surface area contributed by atoms with Gasteiger partial charge >= 0.3 is 0 Å². The first kappa shape index (κ1) is 8.89. The summed E-state index contributed by atoms with van der Waals surface area (Å²) in [6.07, 6.45) is 4.08. The van der Waals surface area contributed by atoms with Gasteiger partial charge in [-0.1, -0.05) is 0 Å². The third kappa shape index (κ3) is 11.9. The number of rotatable bonds is 0. The van der Waals surface area contributed by atoms with Crippen LogP contribution in [0.2, 0.25) is 0 Å². The monoisotopic (exact) mass is 168 g/mol. The smallest absolute Gasteiger partial charge is 0 e. The van der Waals surface area contributed by atoms with Crippen LogP contribution in [0.15, 0.2) is 0 Å². The maximum absolute atomic E-state index is 2.04. The van der Waals surface area contributed by atoms with Gasteiger partial charge in [0.15, 0.2) is 0 Å². The molecule has 0 aromatic heterocycles. The van der Waals surface area contributed by atoms with Crippen LogP contribution in [0.4, 0.5) is 0 Å². The van der Waals surface area contributed by atoms with Crippen molar-refractivity contribution in [2.75, 3.05) is 12.5 Å². The first-order valence-corrected chi connectivity index (χ1v) is 2.45. The molecule has 0 saturated carbocycles. The van der Waals surface area contributed by atoms with Gasteiger partial charge in [0.1, 0.15) is 0 Å². The SMILES string of the molecule is CSC.[Pd]. The third-order valence-electron chi connectivity index (χ3n) is 0. The second-order valence-electron chi connectivity index (χ2n) is 0.408. The summed E-state index contributed by atoms with van der Waals surface area (Å²) >= 11 is 1.75. The van der Waals surface area contributed by atoms with Crippen molar-refractivity contribution in [3.8, 4) is 0 Å². The van der Waals surface area contributed by atoms with Crippen molar-refractivity contribution in [3.63, 3.8) is 0 Å². The van der Waals surface area contributed by atoms with E-state index < -0.39 is 0 Å². The minimum absolute atomic E-state index is 0. The zero-order valence-electron chi connectivity index (χ0n) is 2.72. The molecular formula is C2H6PdS. The van der Waals surface area contributed by atoms with E-state index in [4.69, 9.17) is 0 Å². The maximum atomic E-state index is 2.04. The molecule has 2 heteroatoms. The Morgan fingerprint density at radius 3 is 1.25 bits per heavy atom. The molecule has 0 spiro atoms. The number of hydrogen-bond acceptors (Lipinski definition) is 1. The Kier molecular flexibility index (Phi) is 20.0. The van der Waals surface area contributed by atoms with Crippen molar-refractivity contribution < 1.29 is 20.4 Å². The van der Waals surface area contributed by atoms with Crippen LogP contribution in [-0.4, -0.2) is 12.5 Å². The van der Waals surface area contributed by atoms with Crippen molar-refractivity contribution in [2.45, 2.75) is 0 Å². The van der Waals surface area contributed by atoms with E-state index in [1.807, 2.05) is 12.5 Å². The van der Waals surface area contributed by atoms with Crippen LogP contribution < -0.4 is 0 Å². The van der Waals surface area contributed by atoms with Crippen LogP contribution in [0, 0.1) is 0 Å². The Morgan fingerprint density at radius 1 is 1.25 bits per heavy atom. The van der Waals surface area contributed by atoms with Gasteiger partial charge in [-0.25, -0.2) is 0 Å². The summed E-state index contributed by atoms with van der Waals surface area (Å²) in [5.74, 6) is 0. The van der Waals surface area contributed by atoms with Gasteiger partial charge in [-0.2, -0.15) is 11.8 Å². The molecular weight excluding hydrogens is 163 g/mol. The van der Waals surface area contributed by atoms with Crippen LogP contribution in [-0.2, 0) is 20.4 Å². The van der Waals surface area contributed by atoms with Crippen molar-refractivity contribution in [1.82, 2.24) is 0 Å². The normalized spacial score (nSPS) is 4.50. The molecule has 0 unspecified atom stereocenters. The number of hydrogen-bond donors (Lipinski definition) is 0. The van der Waals surface area contributed by atoms with Gasteiger partial charge in [0, 0.05) is 20.4 Å². The average Bonchev–Trinajstić information content (AvgIpc) is 0.918. The van der Waals surface area contributed by atoms with Crippen LogP contribution >= 0.6 is 11.8 Å². The molecule has 0 bridgehead atoms. The van der Waals surface area contributed by atoms with Gasteiger partial charge in [0.2, 0.25) is 0 Å². The van der Waals surface area contributed by atoms with E-state index in [-0.39, 0.29) is 20.4 Å². The van der Waals surface area contributed by atoms with E-state index in [0.717, 1.165) is 0 Å². The minimum Gasteiger partial charge on any atom is -0.169 e. The van der Waals surface area contributed by atoms with Gasteiger partial charge in [0.25, 0.3) is 0 Å². The molecule has 0 atom stereocenters. The summed E-state index contributed by atoms with van der Waals surface area (Å²) < 4.78 is 0. The van der Waals surface area contributed by atoms with Crippen LogP contribution in [0.5, 0.6) is 0 Å². The minimum atomic E-state index is 0. The number of thioether (sulfide) groups is 1. The molecule has 0 aliphatic carbocycles. The second kappa shape index (κ2) is 8.99. The van der Waals surface area contributed by atoms with E-state index in [2.05, 4.69) is 0 Å². The summed E-state index contributed by atoms with van der Waals surface area (Å²) in [5.41, 5.74) is 0. The Hall–Kier alpha value is 1.01. The third-order valence-corrected chi connectivity index (χ3v) is 0. The van der Waals surface area contributed by atoms with Crippen LogP contribution in [0.3, 0.4) is 0 Å². The maximum Gasteiger partial charge on any atom is 0 e. The topological polar surface area (TPSA) is 0 Å². The molecule has 0 aromatic carbocycles. The van der Waals surface area contributed by atoms with Crippen molar-refractivity contribution in [2.24, 2.45) is 0 Å². The fourth-order valence-electron chi connectivity index (χ4n) is 0. The summed E-state index contributed by atoms with van der Waals surface area (Å²) in [4.78, 5) is 0. The molecule has 0 aromatic rings. The average molecular weight is 169 g/mol. The molecule has 0 saturated heterocycles. The van der Waals surface area contributed by atoms with Crippen molar-refractivity contribution in [3.05, 3.63) is 0 Å². The van der Waals surface area contributed by atoms with Gasteiger partial charge in [-0.15, -0.1) is 0 Å². The largest absolute Gasteiger partial charge is 0.169 e. The van der Waals surface area contributed by atoms with E-state index in [0.29, 0.717) is 0 Å². The predicted molar refractivity (Wildman–Crippen MR) is 19.4 cm³/mol. The van der Waals surface area contributed by atoms with Crippen molar-refractivity contribution in [1.29, 1.82) is 0 Å². The van der Waals surface area contributed by atoms with Gasteiger partial charge in [0.05, 0.1) is 0 Å². The van der Waals surface area contributed by atoms with E-state index in [9.17, 15) is 0 Å². The fourth-order valence-corrected chi connectivity index (χ4v) is 0. The molecule has 4 heavy (non-hydrogen) atoms. The standard InChI is InChI=1S/C2H6S.Pd/c1-3-2;/h1-2H3;. The summed E-state index contributed by atoms with van der Waals surface area (Å²) in [6, 6.07) is 0. The second-order valence-corrected chi connectivity index (χ2v) is 1.22. The molecule has 0 rings (SSSR count). The van der Waals surface area contributed by atoms with E-state index in [1.54, 1.807) is 11.8 Å². The van der Waals surface area contributed by atoms with Gasteiger partial charge in [-0.3, -0.25) is 0 Å². The molecule has 0 aliphatic heterocycles. The Morgan fingerprint density at radius 2 is 1.25 bits per heavy atom. The first-order valence-electron chi connectivity index (χ1n) is 0.816. The quantitative estimate of drug-likeness (QED) is 0.486. The molecule has 0 N–H and O–H groups in total. The molecule has 30 valence electrons. The predicted octanol–water partition coefficient (Wildman–Crippen LogP) is 0.977. The molecule has 0 nitrogen and oxygen atoms in total. The molecule has 0 fully saturated rings. The molecule has 0 aliphatic rings. The van der Waals surface area contributed by atoms with E-state index in [1.165, 1.54) is 0 Å². The van der Waals surface area contributed by atoms with Crippen LogP contribution in [0.1, 0.15) is 0 Å². The Balaban J connectivity index is 0. The first-order chi connectivity index (χ1) is 1.41. The van der Waals surface area contributed by atoms with Crippen LogP contribution in [0.25, 0.3) is 0 Å². The van der Waals surface area contributed by atoms with E-state index >= 15 is 0 Å². The zero-order valence-corrected chi connectivity index (χ0v) is 5.10. The molecule has 0 heterocycles. The summed E-state index contributed by atoms with van der Waals surface area (Å²) in [6.45, 7) is 0. The summed E-state index contributed by atoms with van der Waals surface area (Å²) in [7, 11) is 0. The Labute approximate surface area is 45.0 Å². The van der Waals surface area contributed by atoms with Crippen molar-refractivity contribution >= 4 is 11.8 Å². The fraction of sp³-hybridized carbons (Fsp3) is 1.00. The molecule has 0 radical (unpaired) electrons. The Bertz CT molecular complexity index is 6.00.